The third-order valence-electron chi connectivity index (χ3n) is 2.36. The largest absolute Gasteiger partial charge is 0.325 e. The minimum absolute atomic E-state index is 0.00301. The summed E-state index contributed by atoms with van der Waals surface area (Å²) in [6.07, 6.45) is 1.86. The van der Waals surface area contributed by atoms with Gasteiger partial charge in [0.1, 0.15) is 0 Å². The van der Waals surface area contributed by atoms with Crippen LogP contribution >= 0.6 is 23.2 Å². The molecule has 1 aromatic carbocycles. The van der Waals surface area contributed by atoms with Crippen molar-refractivity contribution in [2.24, 2.45) is 5.92 Å². The molecule has 0 fully saturated rings. The molecule has 0 bridgehead atoms. The first-order chi connectivity index (χ1) is 7.54. The Bertz CT molecular complexity index is 379. The summed E-state index contributed by atoms with van der Waals surface area (Å²) >= 11 is 11.7. The molecule has 0 spiro atoms. The quantitative estimate of drug-likeness (QED) is 0.855. The molecule has 0 heterocycles. The number of carbonyl (C=O) groups excluding carboxylic acids is 1. The van der Waals surface area contributed by atoms with Crippen LogP contribution in [0.1, 0.15) is 26.7 Å². The van der Waals surface area contributed by atoms with Gasteiger partial charge in [-0.3, -0.25) is 4.79 Å². The van der Waals surface area contributed by atoms with E-state index in [2.05, 4.69) is 12.2 Å². The highest BCUT2D eigenvalue weighted by molar-refractivity contribution is 6.36. The summed E-state index contributed by atoms with van der Waals surface area (Å²) in [5, 5.41) is 3.81. The van der Waals surface area contributed by atoms with E-state index in [1.54, 1.807) is 18.2 Å². The molecule has 0 radical (unpaired) electrons. The standard InChI is InChI=1S/C12H15Cl2NO/c1-3-4-8(2)12(16)15-11-6-5-9(13)7-10(11)14/h5-8H,3-4H2,1-2H3,(H,15,16)/t8-/m1/s1. The van der Waals surface area contributed by atoms with E-state index in [1.165, 1.54) is 0 Å². The van der Waals surface area contributed by atoms with Crippen LogP contribution in [0.25, 0.3) is 0 Å². The predicted molar refractivity (Wildman–Crippen MR) is 69.2 cm³/mol. The lowest BCUT2D eigenvalue weighted by atomic mass is 10.1. The van der Waals surface area contributed by atoms with Crippen LogP contribution in [0.3, 0.4) is 0 Å². The minimum atomic E-state index is -0.00827. The number of amides is 1. The highest BCUT2D eigenvalue weighted by Crippen LogP contribution is 2.25. The Labute approximate surface area is 106 Å². The molecule has 0 unspecified atom stereocenters. The molecule has 0 aliphatic carbocycles. The monoisotopic (exact) mass is 259 g/mol. The molecule has 1 rings (SSSR count). The molecular formula is C12H15Cl2NO. The van der Waals surface area contributed by atoms with Gasteiger partial charge < -0.3 is 5.32 Å². The fraction of sp³-hybridized carbons (Fsp3) is 0.417. The van der Waals surface area contributed by atoms with Gasteiger partial charge in [0, 0.05) is 10.9 Å². The number of carbonyl (C=O) groups is 1. The van der Waals surface area contributed by atoms with Crippen molar-refractivity contribution >= 4 is 34.8 Å². The number of nitrogens with one attached hydrogen (secondary N) is 1. The fourth-order valence-corrected chi connectivity index (χ4v) is 1.87. The van der Waals surface area contributed by atoms with Crippen molar-refractivity contribution in [1.29, 1.82) is 0 Å². The van der Waals surface area contributed by atoms with Gasteiger partial charge >= 0.3 is 0 Å². The van der Waals surface area contributed by atoms with Gasteiger partial charge in [0.25, 0.3) is 0 Å². The number of halogens is 2. The summed E-state index contributed by atoms with van der Waals surface area (Å²) < 4.78 is 0. The van der Waals surface area contributed by atoms with E-state index < -0.39 is 0 Å². The van der Waals surface area contributed by atoms with E-state index >= 15 is 0 Å². The summed E-state index contributed by atoms with van der Waals surface area (Å²) in [6.45, 7) is 3.96. The van der Waals surface area contributed by atoms with Crippen molar-refractivity contribution in [3.63, 3.8) is 0 Å². The predicted octanol–water partition coefficient (Wildman–Crippen LogP) is 4.37. The second kappa shape index (κ2) is 6.12. The number of hydrogen-bond donors (Lipinski definition) is 1. The SMILES string of the molecule is CCC[C@@H](C)C(=O)Nc1ccc(Cl)cc1Cl. The summed E-state index contributed by atoms with van der Waals surface area (Å²) in [7, 11) is 0. The Kier molecular flexibility index (Phi) is 5.10. The van der Waals surface area contributed by atoms with Gasteiger partial charge in [-0.15, -0.1) is 0 Å². The fourth-order valence-electron chi connectivity index (χ4n) is 1.41. The van der Waals surface area contributed by atoms with Crippen LogP contribution in [0.15, 0.2) is 18.2 Å². The molecule has 1 atom stereocenters. The highest BCUT2D eigenvalue weighted by atomic mass is 35.5. The third-order valence-corrected chi connectivity index (χ3v) is 2.91. The Morgan fingerprint density at radius 3 is 2.69 bits per heavy atom. The Morgan fingerprint density at radius 2 is 2.12 bits per heavy atom. The van der Waals surface area contributed by atoms with Crippen LogP contribution in [0.2, 0.25) is 10.0 Å². The topological polar surface area (TPSA) is 29.1 Å². The molecule has 88 valence electrons. The first-order valence-corrected chi connectivity index (χ1v) is 6.06. The van der Waals surface area contributed by atoms with Gasteiger partial charge in [-0.25, -0.2) is 0 Å². The zero-order chi connectivity index (χ0) is 12.1. The zero-order valence-corrected chi connectivity index (χ0v) is 10.9. The van der Waals surface area contributed by atoms with Crippen LogP contribution in [0.5, 0.6) is 0 Å². The molecule has 0 saturated heterocycles. The van der Waals surface area contributed by atoms with Gasteiger partial charge in [-0.05, 0) is 24.6 Å². The zero-order valence-electron chi connectivity index (χ0n) is 9.39. The van der Waals surface area contributed by atoms with Crippen molar-refractivity contribution in [3.05, 3.63) is 28.2 Å². The van der Waals surface area contributed by atoms with E-state index in [0.717, 1.165) is 12.8 Å². The molecule has 1 amide bonds. The number of rotatable bonds is 4. The van der Waals surface area contributed by atoms with E-state index in [-0.39, 0.29) is 11.8 Å². The first-order valence-electron chi connectivity index (χ1n) is 5.30. The molecule has 2 nitrogen and oxygen atoms in total. The van der Waals surface area contributed by atoms with Crippen LogP contribution in [0.4, 0.5) is 5.69 Å². The van der Waals surface area contributed by atoms with Crippen molar-refractivity contribution < 1.29 is 4.79 Å². The summed E-state index contributed by atoms with van der Waals surface area (Å²) in [5.74, 6) is -0.0113. The van der Waals surface area contributed by atoms with Crippen LogP contribution in [-0.2, 0) is 4.79 Å². The van der Waals surface area contributed by atoms with Crippen LogP contribution < -0.4 is 5.32 Å². The van der Waals surface area contributed by atoms with Crippen LogP contribution in [-0.4, -0.2) is 5.91 Å². The average Bonchev–Trinajstić information content (AvgIpc) is 2.22. The number of hydrogen-bond acceptors (Lipinski definition) is 1. The van der Waals surface area contributed by atoms with Gasteiger partial charge in [0.15, 0.2) is 0 Å². The minimum Gasteiger partial charge on any atom is -0.325 e. The maximum atomic E-state index is 11.7. The molecule has 0 aromatic heterocycles. The van der Waals surface area contributed by atoms with Gasteiger partial charge in [0.05, 0.1) is 10.7 Å². The smallest absolute Gasteiger partial charge is 0.227 e. The van der Waals surface area contributed by atoms with Gasteiger partial charge in [-0.1, -0.05) is 43.5 Å². The van der Waals surface area contributed by atoms with Crippen molar-refractivity contribution in [2.45, 2.75) is 26.7 Å². The Balaban J connectivity index is 2.69. The average molecular weight is 260 g/mol. The van der Waals surface area contributed by atoms with E-state index in [4.69, 9.17) is 23.2 Å². The molecule has 1 N–H and O–H groups in total. The van der Waals surface area contributed by atoms with Crippen LogP contribution in [0, 0.1) is 5.92 Å². The molecule has 4 heteroatoms. The molecule has 0 saturated carbocycles. The maximum Gasteiger partial charge on any atom is 0.227 e. The Hall–Kier alpha value is -0.730. The molecule has 16 heavy (non-hydrogen) atoms. The van der Waals surface area contributed by atoms with Gasteiger partial charge in [0.2, 0.25) is 5.91 Å². The molecule has 0 aliphatic heterocycles. The summed E-state index contributed by atoms with van der Waals surface area (Å²) in [4.78, 5) is 11.7. The molecule has 0 aliphatic rings. The maximum absolute atomic E-state index is 11.7. The first kappa shape index (κ1) is 13.3. The van der Waals surface area contributed by atoms with E-state index in [0.29, 0.717) is 15.7 Å². The second-order valence-corrected chi connectivity index (χ2v) is 4.65. The third kappa shape index (κ3) is 3.69. The van der Waals surface area contributed by atoms with Crippen molar-refractivity contribution in [2.75, 3.05) is 5.32 Å². The number of anilines is 1. The lowest BCUT2D eigenvalue weighted by Gasteiger charge is -2.12. The normalized spacial score (nSPS) is 12.2. The van der Waals surface area contributed by atoms with E-state index in [1.807, 2.05) is 6.92 Å². The lowest BCUT2D eigenvalue weighted by molar-refractivity contribution is -0.119. The lowest BCUT2D eigenvalue weighted by Crippen LogP contribution is -2.20. The molecular weight excluding hydrogens is 245 g/mol. The van der Waals surface area contributed by atoms with Gasteiger partial charge in [-0.2, -0.15) is 0 Å². The molecule has 1 aromatic rings. The second-order valence-electron chi connectivity index (χ2n) is 3.80. The van der Waals surface area contributed by atoms with E-state index in [9.17, 15) is 4.79 Å². The van der Waals surface area contributed by atoms with Crippen molar-refractivity contribution in [1.82, 2.24) is 0 Å². The summed E-state index contributed by atoms with van der Waals surface area (Å²) in [6, 6.07) is 5.03. The highest BCUT2D eigenvalue weighted by Gasteiger charge is 2.13. The van der Waals surface area contributed by atoms with Crippen molar-refractivity contribution in [3.8, 4) is 0 Å². The number of benzene rings is 1. The Morgan fingerprint density at radius 1 is 1.44 bits per heavy atom. The summed E-state index contributed by atoms with van der Waals surface area (Å²) in [5.41, 5.74) is 0.610.